The Kier molecular flexibility index (Phi) is 2.88. The van der Waals surface area contributed by atoms with Crippen molar-refractivity contribution in [3.8, 4) is 5.82 Å². The Morgan fingerprint density at radius 1 is 1.50 bits per heavy atom. The van der Waals surface area contributed by atoms with Crippen LogP contribution < -0.4 is 0 Å². The molecule has 0 bridgehead atoms. The number of rotatable bonds is 2. The molecule has 2 heterocycles. The van der Waals surface area contributed by atoms with Crippen LogP contribution >= 0.6 is 27.5 Å². The fraction of sp³-hybridized carbons (Fsp3) is 0. The Morgan fingerprint density at radius 2 is 2.25 bits per heavy atom. The van der Waals surface area contributed by atoms with E-state index in [2.05, 4.69) is 26.0 Å². The monoisotopic (exact) mass is 302 g/mol. The molecule has 2 rings (SSSR count). The summed E-state index contributed by atoms with van der Waals surface area (Å²) in [6, 6.07) is 1.64. The SMILES string of the molecule is O=[N+]([O-])c1cnn(-c2ncc(Cl)cc2Br)c1. The predicted octanol–water partition coefficient (Wildman–Crippen LogP) is 2.59. The van der Waals surface area contributed by atoms with Crippen LogP contribution in [0.25, 0.3) is 5.82 Å². The van der Waals surface area contributed by atoms with Gasteiger partial charge in [0.05, 0.1) is 14.4 Å². The molecule has 0 aliphatic heterocycles. The molecule has 0 amide bonds. The van der Waals surface area contributed by atoms with E-state index in [4.69, 9.17) is 11.6 Å². The van der Waals surface area contributed by atoms with E-state index >= 15 is 0 Å². The molecule has 6 nitrogen and oxygen atoms in total. The molecule has 82 valence electrons. The highest BCUT2D eigenvalue weighted by molar-refractivity contribution is 9.10. The molecule has 0 atom stereocenters. The topological polar surface area (TPSA) is 73.8 Å². The van der Waals surface area contributed by atoms with Crippen LogP contribution in [0.4, 0.5) is 5.69 Å². The molecule has 0 spiro atoms. The zero-order chi connectivity index (χ0) is 11.7. The van der Waals surface area contributed by atoms with E-state index in [1.807, 2.05) is 0 Å². The zero-order valence-corrected chi connectivity index (χ0v) is 10.0. The van der Waals surface area contributed by atoms with Crippen LogP contribution in [0.5, 0.6) is 0 Å². The average Bonchev–Trinajstić information content (AvgIpc) is 2.66. The van der Waals surface area contributed by atoms with Crippen LogP contribution in [0.1, 0.15) is 0 Å². The van der Waals surface area contributed by atoms with Crippen LogP contribution in [-0.4, -0.2) is 19.7 Å². The van der Waals surface area contributed by atoms with Crippen LogP contribution in [0.15, 0.2) is 29.1 Å². The number of pyridine rings is 1. The van der Waals surface area contributed by atoms with E-state index in [-0.39, 0.29) is 5.69 Å². The Bertz CT molecular complexity index is 557. The summed E-state index contributed by atoms with van der Waals surface area (Å²) in [7, 11) is 0. The lowest BCUT2D eigenvalue weighted by atomic mass is 10.4. The van der Waals surface area contributed by atoms with Gasteiger partial charge in [0.15, 0.2) is 5.82 Å². The van der Waals surface area contributed by atoms with Crippen molar-refractivity contribution in [3.05, 3.63) is 44.3 Å². The molecule has 0 aliphatic rings. The van der Waals surface area contributed by atoms with Gasteiger partial charge in [-0.3, -0.25) is 10.1 Å². The third kappa shape index (κ3) is 2.05. The molecule has 2 aromatic rings. The van der Waals surface area contributed by atoms with Gasteiger partial charge in [-0.15, -0.1) is 0 Å². The van der Waals surface area contributed by atoms with Crippen molar-refractivity contribution in [2.24, 2.45) is 0 Å². The summed E-state index contributed by atoms with van der Waals surface area (Å²) in [5, 5.41) is 14.8. The molecule has 2 aromatic heterocycles. The van der Waals surface area contributed by atoms with Crippen LogP contribution in [0.2, 0.25) is 5.02 Å². The van der Waals surface area contributed by atoms with Gasteiger partial charge in [-0.25, -0.2) is 9.67 Å². The summed E-state index contributed by atoms with van der Waals surface area (Å²) in [6.45, 7) is 0. The van der Waals surface area contributed by atoms with Gasteiger partial charge in [-0.1, -0.05) is 11.6 Å². The largest absolute Gasteiger partial charge is 0.307 e. The summed E-state index contributed by atoms with van der Waals surface area (Å²) in [5.74, 6) is 0.442. The van der Waals surface area contributed by atoms with E-state index in [1.165, 1.54) is 17.1 Å². The predicted molar refractivity (Wildman–Crippen MR) is 60.7 cm³/mol. The molecule has 0 radical (unpaired) electrons. The highest BCUT2D eigenvalue weighted by Gasteiger charge is 2.12. The fourth-order valence-corrected chi connectivity index (χ4v) is 1.92. The molecule has 0 aromatic carbocycles. The number of halogens is 2. The first-order valence-corrected chi connectivity index (χ1v) is 5.25. The quantitative estimate of drug-likeness (QED) is 0.631. The second kappa shape index (κ2) is 4.18. The maximum atomic E-state index is 10.5. The second-order valence-electron chi connectivity index (χ2n) is 2.86. The molecule has 0 saturated heterocycles. The Labute approximate surface area is 103 Å². The van der Waals surface area contributed by atoms with E-state index < -0.39 is 4.92 Å². The highest BCUT2D eigenvalue weighted by Crippen LogP contribution is 2.23. The maximum Gasteiger partial charge on any atom is 0.307 e. The third-order valence-electron chi connectivity index (χ3n) is 1.79. The van der Waals surface area contributed by atoms with Crippen molar-refractivity contribution in [2.45, 2.75) is 0 Å². The second-order valence-corrected chi connectivity index (χ2v) is 4.15. The van der Waals surface area contributed by atoms with E-state index in [9.17, 15) is 10.1 Å². The van der Waals surface area contributed by atoms with Gasteiger partial charge in [0.1, 0.15) is 12.4 Å². The minimum Gasteiger partial charge on any atom is -0.258 e. The summed E-state index contributed by atoms with van der Waals surface area (Å²) >= 11 is 8.98. The lowest BCUT2D eigenvalue weighted by Gasteiger charge is -2.02. The van der Waals surface area contributed by atoms with Gasteiger partial charge in [0.2, 0.25) is 0 Å². The lowest BCUT2D eigenvalue weighted by molar-refractivity contribution is -0.384. The minimum atomic E-state index is -0.521. The Hall–Kier alpha value is -1.47. The standard InChI is InChI=1S/C8H4BrClN4O2/c9-7-1-5(10)2-11-8(7)13-4-6(3-12-13)14(15)16/h1-4H. The van der Waals surface area contributed by atoms with Gasteiger partial charge in [0.25, 0.3) is 0 Å². The summed E-state index contributed by atoms with van der Waals surface area (Å²) in [5.41, 5.74) is -0.0938. The van der Waals surface area contributed by atoms with Crippen molar-refractivity contribution in [3.63, 3.8) is 0 Å². The molecular formula is C8H4BrClN4O2. The van der Waals surface area contributed by atoms with E-state index in [0.717, 1.165) is 6.20 Å². The molecular weight excluding hydrogens is 299 g/mol. The van der Waals surface area contributed by atoms with Gasteiger partial charge in [-0.05, 0) is 22.0 Å². The first-order chi connectivity index (χ1) is 7.58. The number of aromatic nitrogens is 3. The van der Waals surface area contributed by atoms with Gasteiger partial charge in [-0.2, -0.15) is 5.10 Å². The number of hydrogen-bond donors (Lipinski definition) is 0. The minimum absolute atomic E-state index is 0.0938. The van der Waals surface area contributed by atoms with Crippen molar-refractivity contribution in [1.82, 2.24) is 14.8 Å². The molecule has 16 heavy (non-hydrogen) atoms. The summed E-state index contributed by atoms with van der Waals surface area (Å²) in [6.07, 6.45) is 3.87. The number of hydrogen-bond acceptors (Lipinski definition) is 4. The maximum absolute atomic E-state index is 10.5. The molecule has 0 unspecified atom stereocenters. The van der Waals surface area contributed by atoms with Crippen molar-refractivity contribution in [2.75, 3.05) is 0 Å². The molecule has 8 heteroatoms. The molecule has 0 fully saturated rings. The fourth-order valence-electron chi connectivity index (χ4n) is 1.10. The van der Waals surface area contributed by atoms with Crippen molar-refractivity contribution >= 4 is 33.2 Å². The van der Waals surface area contributed by atoms with Crippen LogP contribution in [-0.2, 0) is 0 Å². The van der Waals surface area contributed by atoms with Gasteiger partial charge < -0.3 is 0 Å². The molecule has 0 N–H and O–H groups in total. The first-order valence-electron chi connectivity index (χ1n) is 4.08. The summed E-state index contributed by atoms with van der Waals surface area (Å²) in [4.78, 5) is 14.0. The van der Waals surface area contributed by atoms with Gasteiger partial charge >= 0.3 is 5.69 Å². The van der Waals surface area contributed by atoms with E-state index in [0.29, 0.717) is 15.3 Å². The average molecular weight is 304 g/mol. The van der Waals surface area contributed by atoms with E-state index in [1.54, 1.807) is 6.07 Å². The van der Waals surface area contributed by atoms with Crippen LogP contribution in [0, 0.1) is 10.1 Å². The lowest BCUT2D eigenvalue weighted by Crippen LogP contribution is -1.98. The number of nitrogens with zero attached hydrogens (tertiary/aromatic N) is 4. The molecule has 0 saturated carbocycles. The van der Waals surface area contributed by atoms with Crippen molar-refractivity contribution in [1.29, 1.82) is 0 Å². The van der Waals surface area contributed by atoms with Crippen molar-refractivity contribution < 1.29 is 4.92 Å². The summed E-state index contributed by atoms with van der Waals surface area (Å²) < 4.78 is 1.91. The molecule has 0 aliphatic carbocycles. The first kappa shape index (κ1) is 11.0. The Balaban J connectivity index is 2.46. The smallest absolute Gasteiger partial charge is 0.258 e. The third-order valence-corrected chi connectivity index (χ3v) is 2.58. The Morgan fingerprint density at radius 3 is 2.81 bits per heavy atom. The van der Waals surface area contributed by atoms with Crippen LogP contribution in [0.3, 0.4) is 0 Å². The van der Waals surface area contributed by atoms with Gasteiger partial charge in [0, 0.05) is 6.20 Å². The number of nitro groups is 1. The zero-order valence-electron chi connectivity index (χ0n) is 7.67. The normalized spacial score (nSPS) is 10.4. The highest BCUT2D eigenvalue weighted by atomic mass is 79.9.